The Hall–Kier alpha value is -3.18. The predicted octanol–water partition coefficient (Wildman–Crippen LogP) is 2.40. The molecule has 2 N–H and O–H groups in total. The van der Waals surface area contributed by atoms with E-state index < -0.39 is 15.7 Å². The Bertz CT molecular complexity index is 1190. The molecule has 0 unspecified atom stereocenters. The van der Waals surface area contributed by atoms with E-state index in [0.717, 1.165) is 17.6 Å². The smallest absolute Gasteiger partial charge is 0.266 e. The van der Waals surface area contributed by atoms with Crippen LogP contribution in [0.25, 0.3) is 10.2 Å². The molecule has 0 spiro atoms. The van der Waals surface area contributed by atoms with Crippen molar-refractivity contribution in [3.8, 4) is 11.5 Å². The summed E-state index contributed by atoms with van der Waals surface area (Å²) in [6, 6.07) is 9.44. The first-order chi connectivity index (χ1) is 13.8. The third-order valence-electron chi connectivity index (χ3n) is 3.75. The average Bonchev–Trinajstić information content (AvgIpc) is 3.07. The summed E-state index contributed by atoms with van der Waals surface area (Å²) in [4.78, 5) is 21.3. The number of hydrogen-bond acceptors (Lipinski definition) is 9. The minimum Gasteiger partial charge on any atom is -0.504 e. The molecule has 152 valence electrons. The average molecular weight is 435 g/mol. The predicted molar refractivity (Wildman–Crippen MR) is 110 cm³/mol. The van der Waals surface area contributed by atoms with Gasteiger partial charge in [0.25, 0.3) is 5.91 Å². The molecule has 0 atom stereocenters. The van der Waals surface area contributed by atoms with E-state index in [-0.39, 0.29) is 17.3 Å². The maximum atomic E-state index is 12.0. The topological polar surface area (TPSA) is 127 Å². The lowest BCUT2D eigenvalue weighted by Crippen LogP contribution is -2.16. The van der Waals surface area contributed by atoms with E-state index in [9.17, 15) is 18.3 Å². The summed E-state index contributed by atoms with van der Waals surface area (Å²) >= 11 is 1.15. The Morgan fingerprint density at radius 2 is 2.14 bits per heavy atom. The third kappa shape index (κ3) is 5.00. The van der Waals surface area contributed by atoms with Gasteiger partial charge in [0.1, 0.15) is 0 Å². The Morgan fingerprint density at radius 3 is 2.86 bits per heavy atom. The number of hydrogen-bond donors (Lipinski definition) is 2. The van der Waals surface area contributed by atoms with Crippen LogP contribution in [0.2, 0.25) is 0 Å². The first-order valence-electron chi connectivity index (χ1n) is 8.19. The number of fused-ring (bicyclic) bond motifs is 1. The minimum atomic E-state index is -3.32. The molecule has 0 saturated carbocycles. The van der Waals surface area contributed by atoms with Crippen molar-refractivity contribution in [2.75, 3.05) is 25.3 Å². The van der Waals surface area contributed by atoms with E-state index in [1.807, 2.05) is 0 Å². The number of anilines is 1. The number of para-hydroxylation sites is 1. The molecule has 0 saturated heterocycles. The first-order valence-corrected chi connectivity index (χ1v) is 10.9. The number of aromatic hydroxyl groups is 1. The number of aromatic nitrogens is 1. The summed E-state index contributed by atoms with van der Waals surface area (Å²) in [5, 5.41) is 16.5. The number of phenolic OH excluding ortho intramolecular Hbond substituents is 1. The molecule has 1 heterocycles. The molecule has 0 aliphatic heterocycles. The normalized spacial score (nSPS) is 11.7. The van der Waals surface area contributed by atoms with Gasteiger partial charge in [0.2, 0.25) is 0 Å². The Kier molecular flexibility index (Phi) is 5.99. The van der Waals surface area contributed by atoms with Gasteiger partial charge < -0.3 is 14.7 Å². The van der Waals surface area contributed by atoms with Crippen molar-refractivity contribution in [2.24, 2.45) is 5.16 Å². The summed E-state index contributed by atoms with van der Waals surface area (Å²) < 4.78 is 28.9. The van der Waals surface area contributed by atoms with Gasteiger partial charge in [0.15, 0.2) is 33.1 Å². The molecule has 1 amide bonds. The number of carbonyl (C=O) groups is 1. The lowest BCUT2D eigenvalue weighted by Gasteiger charge is -2.04. The molecule has 3 rings (SSSR count). The molecule has 29 heavy (non-hydrogen) atoms. The summed E-state index contributed by atoms with van der Waals surface area (Å²) in [6.45, 7) is -0.369. The van der Waals surface area contributed by atoms with Crippen LogP contribution in [-0.4, -0.2) is 50.6 Å². The Labute approximate surface area is 170 Å². The fourth-order valence-corrected chi connectivity index (χ4v) is 3.99. The molecule has 0 bridgehead atoms. The molecule has 0 aliphatic rings. The van der Waals surface area contributed by atoms with Gasteiger partial charge in [0.05, 0.1) is 28.4 Å². The number of phenols is 1. The summed E-state index contributed by atoms with van der Waals surface area (Å²) in [5.74, 6) is -0.282. The van der Waals surface area contributed by atoms with Gasteiger partial charge in [-0.3, -0.25) is 10.1 Å². The number of oxime groups is 1. The summed E-state index contributed by atoms with van der Waals surface area (Å²) in [6.07, 6.45) is 2.39. The second-order valence-electron chi connectivity index (χ2n) is 5.87. The monoisotopic (exact) mass is 435 g/mol. The number of sulfone groups is 1. The quantitative estimate of drug-likeness (QED) is 0.431. The van der Waals surface area contributed by atoms with Crippen LogP contribution in [0, 0.1) is 0 Å². The van der Waals surface area contributed by atoms with Crippen LogP contribution in [0.5, 0.6) is 11.5 Å². The molecule has 11 heteroatoms. The van der Waals surface area contributed by atoms with E-state index in [0.29, 0.717) is 26.7 Å². The SMILES string of the molecule is COc1cccc(/C=N/OCC(=O)Nc2nc3ccc(S(C)(=O)=O)cc3s2)c1O. The number of nitrogens with zero attached hydrogens (tertiary/aromatic N) is 2. The van der Waals surface area contributed by atoms with Crippen molar-refractivity contribution >= 4 is 48.6 Å². The van der Waals surface area contributed by atoms with E-state index >= 15 is 0 Å². The van der Waals surface area contributed by atoms with Crippen LogP contribution in [-0.2, 0) is 19.5 Å². The van der Waals surface area contributed by atoms with E-state index in [1.54, 1.807) is 24.3 Å². The number of benzene rings is 2. The van der Waals surface area contributed by atoms with Crippen LogP contribution < -0.4 is 10.1 Å². The molecule has 1 aromatic heterocycles. The highest BCUT2D eigenvalue weighted by atomic mass is 32.2. The summed E-state index contributed by atoms with van der Waals surface area (Å²) in [5.41, 5.74) is 0.947. The molecular weight excluding hydrogens is 418 g/mol. The van der Waals surface area contributed by atoms with Crippen molar-refractivity contribution in [1.82, 2.24) is 4.98 Å². The van der Waals surface area contributed by atoms with Gasteiger partial charge in [-0.15, -0.1) is 0 Å². The highest BCUT2D eigenvalue weighted by Crippen LogP contribution is 2.29. The molecule has 9 nitrogen and oxygen atoms in total. The van der Waals surface area contributed by atoms with Crippen molar-refractivity contribution in [3.63, 3.8) is 0 Å². The number of nitrogens with one attached hydrogen (secondary N) is 1. The van der Waals surface area contributed by atoms with E-state index in [4.69, 9.17) is 9.57 Å². The fourth-order valence-electron chi connectivity index (χ4n) is 2.34. The van der Waals surface area contributed by atoms with Crippen LogP contribution in [0.15, 0.2) is 46.4 Å². The molecule has 3 aromatic rings. The van der Waals surface area contributed by atoms with Crippen LogP contribution >= 0.6 is 11.3 Å². The lowest BCUT2D eigenvalue weighted by molar-refractivity contribution is -0.120. The number of amides is 1. The molecule has 0 aliphatic carbocycles. The van der Waals surface area contributed by atoms with Crippen LogP contribution in [0.1, 0.15) is 5.56 Å². The molecule has 0 radical (unpaired) electrons. The second-order valence-corrected chi connectivity index (χ2v) is 8.92. The maximum absolute atomic E-state index is 12.0. The van der Waals surface area contributed by atoms with Gasteiger partial charge in [-0.1, -0.05) is 22.6 Å². The highest BCUT2D eigenvalue weighted by molar-refractivity contribution is 7.90. The Balaban J connectivity index is 1.60. The van der Waals surface area contributed by atoms with E-state index in [1.165, 1.54) is 25.5 Å². The zero-order valence-electron chi connectivity index (χ0n) is 15.4. The number of carbonyl (C=O) groups excluding carboxylic acids is 1. The van der Waals surface area contributed by atoms with Gasteiger partial charge in [-0.05, 0) is 30.3 Å². The Morgan fingerprint density at radius 1 is 1.34 bits per heavy atom. The van der Waals surface area contributed by atoms with E-state index in [2.05, 4.69) is 15.5 Å². The fraction of sp³-hybridized carbons (Fsp3) is 0.167. The summed E-state index contributed by atoms with van der Waals surface area (Å²) in [7, 11) is -1.89. The van der Waals surface area contributed by atoms with Gasteiger partial charge in [-0.2, -0.15) is 0 Å². The minimum absolute atomic E-state index is 0.0882. The standard InChI is InChI=1S/C18H17N3O6S2/c1-26-14-5-3-4-11(17(14)23)9-19-27-10-16(22)21-18-20-13-7-6-12(29(2,24)25)8-15(13)28-18/h3-9,23H,10H2,1-2H3,(H,20,21,22)/b19-9+. The number of methoxy groups -OCH3 is 1. The highest BCUT2D eigenvalue weighted by Gasteiger charge is 2.12. The van der Waals surface area contributed by atoms with Crippen molar-refractivity contribution in [2.45, 2.75) is 4.90 Å². The van der Waals surface area contributed by atoms with Crippen molar-refractivity contribution in [1.29, 1.82) is 0 Å². The van der Waals surface area contributed by atoms with Gasteiger partial charge in [-0.25, -0.2) is 13.4 Å². The number of rotatable bonds is 7. The largest absolute Gasteiger partial charge is 0.504 e. The van der Waals surface area contributed by atoms with Crippen LogP contribution in [0.4, 0.5) is 5.13 Å². The van der Waals surface area contributed by atoms with Crippen LogP contribution in [0.3, 0.4) is 0 Å². The lowest BCUT2D eigenvalue weighted by atomic mass is 10.2. The zero-order chi connectivity index (χ0) is 21.0. The zero-order valence-corrected chi connectivity index (χ0v) is 17.1. The molecule has 2 aromatic carbocycles. The second kappa shape index (κ2) is 8.45. The third-order valence-corrected chi connectivity index (χ3v) is 5.79. The number of ether oxygens (including phenoxy) is 1. The van der Waals surface area contributed by atoms with Crippen molar-refractivity contribution in [3.05, 3.63) is 42.0 Å². The molecular formula is C18H17N3O6S2. The van der Waals surface area contributed by atoms with Gasteiger partial charge in [0, 0.05) is 11.8 Å². The van der Waals surface area contributed by atoms with Crippen molar-refractivity contribution < 1.29 is 27.9 Å². The van der Waals surface area contributed by atoms with Gasteiger partial charge >= 0.3 is 0 Å². The maximum Gasteiger partial charge on any atom is 0.266 e. The number of thiazole rings is 1. The first kappa shape index (κ1) is 20.6. The molecule has 0 fully saturated rings.